The van der Waals surface area contributed by atoms with Crippen LogP contribution in [0, 0.1) is 5.41 Å². The molecule has 3 nitrogen and oxygen atoms in total. The van der Waals surface area contributed by atoms with Crippen LogP contribution in [0.3, 0.4) is 0 Å². The van der Waals surface area contributed by atoms with E-state index >= 15 is 0 Å². The minimum atomic E-state index is -4.40. The van der Waals surface area contributed by atoms with Crippen LogP contribution in [0.1, 0.15) is 18.1 Å². The van der Waals surface area contributed by atoms with Gasteiger partial charge in [0.1, 0.15) is 0 Å². The quantitative estimate of drug-likeness (QED) is 0.567. The Morgan fingerprint density at radius 1 is 1.05 bits per heavy atom. The largest absolute Gasteiger partial charge is 0.416 e. The predicted octanol–water partition coefficient (Wildman–Crippen LogP) is 4.73. The average molecular weight is 307 g/mol. The summed E-state index contributed by atoms with van der Waals surface area (Å²) >= 11 is 0. The third-order valence-corrected chi connectivity index (χ3v) is 3.12. The second kappa shape index (κ2) is 6.51. The van der Waals surface area contributed by atoms with Gasteiger partial charge in [0.25, 0.3) is 0 Å². The van der Waals surface area contributed by atoms with E-state index in [2.05, 4.69) is 10.6 Å². The molecule has 0 aliphatic carbocycles. The van der Waals surface area contributed by atoms with Crippen molar-refractivity contribution in [2.24, 2.45) is 0 Å². The molecule has 0 atom stereocenters. The van der Waals surface area contributed by atoms with Gasteiger partial charge in [-0.3, -0.25) is 5.41 Å². The second-order valence-corrected chi connectivity index (χ2v) is 4.71. The zero-order valence-electron chi connectivity index (χ0n) is 12.0. The summed E-state index contributed by atoms with van der Waals surface area (Å²) < 4.78 is 38.0. The van der Waals surface area contributed by atoms with Crippen LogP contribution in [0.4, 0.5) is 24.5 Å². The highest BCUT2D eigenvalue weighted by molar-refractivity contribution is 6.01. The van der Waals surface area contributed by atoms with Crippen molar-refractivity contribution in [2.45, 2.75) is 19.5 Å². The molecule has 2 rings (SSSR count). The van der Waals surface area contributed by atoms with Crippen molar-refractivity contribution >= 4 is 17.3 Å². The maximum absolute atomic E-state index is 12.7. The number of hydrogen-bond donors (Lipinski definition) is 3. The van der Waals surface area contributed by atoms with Crippen LogP contribution in [0.25, 0.3) is 0 Å². The third-order valence-electron chi connectivity index (χ3n) is 3.12. The molecular weight excluding hydrogens is 291 g/mol. The topological polar surface area (TPSA) is 47.9 Å². The summed E-state index contributed by atoms with van der Waals surface area (Å²) in [6, 6.07) is 12.2. The molecule has 0 saturated heterocycles. The first-order valence-corrected chi connectivity index (χ1v) is 6.78. The van der Waals surface area contributed by atoms with E-state index in [0.29, 0.717) is 0 Å². The van der Waals surface area contributed by atoms with Crippen molar-refractivity contribution in [3.8, 4) is 0 Å². The highest BCUT2D eigenvalue weighted by Crippen LogP contribution is 2.30. The Hall–Kier alpha value is -2.50. The maximum atomic E-state index is 12.7. The van der Waals surface area contributed by atoms with Gasteiger partial charge in [-0.05, 0) is 36.2 Å². The fraction of sp³-hybridized carbons (Fsp3) is 0.188. The molecule has 0 spiro atoms. The molecule has 0 fully saturated rings. The molecule has 0 radical (unpaired) electrons. The van der Waals surface area contributed by atoms with Crippen LogP contribution >= 0.6 is 0 Å². The summed E-state index contributed by atoms with van der Waals surface area (Å²) in [5.74, 6) is -0.0831. The molecule has 2 aromatic rings. The number of benzene rings is 2. The normalized spacial score (nSPS) is 11.1. The monoisotopic (exact) mass is 307 g/mol. The molecular formula is C16H16F3N3. The number of nitrogens with one attached hydrogen (secondary N) is 3. The number of halogens is 3. The Morgan fingerprint density at radius 3 is 2.45 bits per heavy atom. The number of hydrogen-bond acceptors (Lipinski definition) is 1. The van der Waals surface area contributed by atoms with Crippen LogP contribution in [0.15, 0.2) is 48.5 Å². The molecule has 0 aliphatic heterocycles. The average Bonchev–Trinajstić information content (AvgIpc) is 2.47. The highest BCUT2D eigenvalue weighted by atomic mass is 19.4. The van der Waals surface area contributed by atoms with E-state index in [1.807, 2.05) is 31.2 Å². The van der Waals surface area contributed by atoms with E-state index in [0.717, 1.165) is 29.8 Å². The summed E-state index contributed by atoms with van der Waals surface area (Å²) in [5, 5.41) is 13.3. The predicted molar refractivity (Wildman–Crippen MR) is 82.2 cm³/mol. The molecule has 116 valence electrons. The zero-order chi connectivity index (χ0) is 16.2. The number of para-hydroxylation sites is 1. The molecule has 0 aliphatic rings. The van der Waals surface area contributed by atoms with Crippen LogP contribution in [-0.4, -0.2) is 5.96 Å². The third kappa shape index (κ3) is 4.00. The van der Waals surface area contributed by atoms with Crippen LogP contribution < -0.4 is 10.6 Å². The van der Waals surface area contributed by atoms with E-state index in [1.165, 1.54) is 12.1 Å². The SMILES string of the molecule is CCc1ccccc1NC(=N)Nc1cccc(C(F)(F)F)c1. The molecule has 2 aromatic carbocycles. The van der Waals surface area contributed by atoms with Gasteiger partial charge in [-0.1, -0.05) is 31.2 Å². The lowest BCUT2D eigenvalue weighted by molar-refractivity contribution is -0.137. The maximum Gasteiger partial charge on any atom is 0.416 e. The molecule has 0 amide bonds. The molecule has 0 unspecified atom stereocenters. The van der Waals surface area contributed by atoms with Crippen LogP contribution in [0.5, 0.6) is 0 Å². The number of guanidine groups is 1. The Bertz CT molecular complexity index is 666. The van der Waals surface area contributed by atoms with Gasteiger partial charge in [0.2, 0.25) is 0 Å². The summed E-state index contributed by atoms with van der Waals surface area (Å²) in [7, 11) is 0. The minimum absolute atomic E-state index is 0.0831. The summed E-state index contributed by atoms with van der Waals surface area (Å²) in [6.45, 7) is 1.99. The molecule has 22 heavy (non-hydrogen) atoms. The summed E-state index contributed by atoms with van der Waals surface area (Å²) in [5.41, 5.74) is 1.24. The summed E-state index contributed by atoms with van der Waals surface area (Å²) in [6.07, 6.45) is -3.61. The number of rotatable bonds is 3. The van der Waals surface area contributed by atoms with Crippen molar-refractivity contribution in [1.82, 2.24) is 0 Å². The lowest BCUT2D eigenvalue weighted by atomic mass is 10.1. The Balaban J connectivity index is 2.09. The Labute approximate surface area is 126 Å². The fourth-order valence-corrected chi connectivity index (χ4v) is 2.03. The lowest BCUT2D eigenvalue weighted by Gasteiger charge is -2.14. The van der Waals surface area contributed by atoms with Gasteiger partial charge in [0, 0.05) is 11.4 Å². The fourth-order valence-electron chi connectivity index (χ4n) is 2.03. The molecule has 0 saturated carbocycles. The molecule has 0 aromatic heterocycles. The van der Waals surface area contributed by atoms with E-state index < -0.39 is 11.7 Å². The number of alkyl halides is 3. The van der Waals surface area contributed by atoms with Crippen molar-refractivity contribution in [3.05, 3.63) is 59.7 Å². The zero-order valence-corrected chi connectivity index (χ0v) is 12.0. The van der Waals surface area contributed by atoms with Gasteiger partial charge < -0.3 is 10.6 Å². The second-order valence-electron chi connectivity index (χ2n) is 4.71. The Kier molecular flexibility index (Phi) is 4.70. The van der Waals surface area contributed by atoms with E-state index in [4.69, 9.17) is 5.41 Å². The van der Waals surface area contributed by atoms with Gasteiger partial charge in [0.15, 0.2) is 5.96 Å². The van der Waals surface area contributed by atoms with Gasteiger partial charge in [-0.2, -0.15) is 13.2 Å². The minimum Gasteiger partial charge on any atom is -0.326 e. The van der Waals surface area contributed by atoms with Crippen molar-refractivity contribution in [3.63, 3.8) is 0 Å². The molecule has 3 N–H and O–H groups in total. The first-order valence-electron chi connectivity index (χ1n) is 6.78. The van der Waals surface area contributed by atoms with E-state index in [1.54, 1.807) is 0 Å². The van der Waals surface area contributed by atoms with Gasteiger partial charge in [-0.15, -0.1) is 0 Å². The standard InChI is InChI=1S/C16H16F3N3/c1-2-11-6-3-4-9-14(11)22-15(20)21-13-8-5-7-12(10-13)16(17,18)19/h3-10H,2H2,1H3,(H3,20,21,22). The molecule has 0 bridgehead atoms. The highest BCUT2D eigenvalue weighted by Gasteiger charge is 2.30. The summed E-state index contributed by atoms with van der Waals surface area (Å²) in [4.78, 5) is 0. The van der Waals surface area contributed by atoms with Gasteiger partial charge >= 0.3 is 6.18 Å². The van der Waals surface area contributed by atoms with E-state index in [-0.39, 0.29) is 11.6 Å². The van der Waals surface area contributed by atoms with E-state index in [9.17, 15) is 13.2 Å². The first kappa shape index (κ1) is 15.9. The van der Waals surface area contributed by atoms with Crippen molar-refractivity contribution in [1.29, 1.82) is 5.41 Å². The smallest absolute Gasteiger partial charge is 0.326 e. The molecule has 6 heteroatoms. The van der Waals surface area contributed by atoms with Crippen molar-refractivity contribution in [2.75, 3.05) is 10.6 Å². The van der Waals surface area contributed by atoms with Crippen LogP contribution in [-0.2, 0) is 12.6 Å². The first-order chi connectivity index (χ1) is 10.4. The van der Waals surface area contributed by atoms with Crippen LogP contribution in [0.2, 0.25) is 0 Å². The van der Waals surface area contributed by atoms with Gasteiger partial charge in [-0.25, -0.2) is 0 Å². The van der Waals surface area contributed by atoms with Gasteiger partial charge in [0.05, 0.1) is 5.56 Å². The molecule has 0 heterocycles. The lowest BCUT2D eigenvalue weighted by Crippen LogP contribution is -2.21. The Morgan fingerprint density at radius 2 is 1.77 bits per heavy atom. The number of anilines is 2. The van der Waals surface area contributed by atoms with Crippen molar-refractivity contribution < 1.29 is 13.2 Å². The number of aryl methyl sites for hydroxylation is 1.